The van der Waals surface area contributed by atoms with E-state index in [1.165, 1.54) is 25.7 Å². The molecule has 0 aromatic carbocycles. The summed E-state index contributed by atoms with van der Waals surface area (Å²) in [7, 11) is 1.89. The van der Waals surface area contributed by atoms with Crippen LogP contribution in [0.15, 0.2) is 11.2 Å². The predicted octanol–water partition coefficient (Wildman–Crippen LogP) is 3.48. The Labute approximate surface area is 120 Å². The summed E-state index contributed by atoms with van der Waals surface area (Å²) in [6.45, 7) is 3.40. The van der Waals surface area contributed by atoms with Gasteiger partial charge < -0.3 is 10.6 Å². The molecule has 0 saturated heterocycles. The minimum atomic E-state index is 0.777. The molecule has 106 valence electrons. The summed E-state index contributed by atoms with van der Waals surface area (Å²) in [6.07, 6.45) is 7.48. The highest BCUT2D eigenvalue weighted by Gasteiger charge is 2.21. The molecule has 2 atom stereocenters. The molecular weight excluding hydrogens is 256 g/mol. The number of nitrogens with one attached hydrogen (secondary N) is 2. The molecule has 1 fully saturated rings. The Hall–Kier alpha value is -0.970. The van der Waals surface area contributed by atoms with Crippen molar-refractivity contribution in [1.29, 1.82) is 0 Å². The number of hydrogen-bond donors (Lipinski definition) is 2. The second-order valence-electron chi connectivity index (χ2n) is 5.28. The molecule has 2 unspecified atom stereocenters. The molecule has 1 saturated carbocycles. The Balaban J connectivity index is 1.98. The van der Waals surface area contributed by atoms with E-state index in [2.05, 4.69) is 27.5 Å². The largest absolute Gasteiger partial charge is 0.373 e. The molecule has 19 heavy (non-hydrogen) atoms. The Morgan fingerprint density at radius 3 is 2.68 bits per heavy atom. The van der Waals surface area contributed by atoms with Gasteiger partial charge in [0.2, 0.25) is 0 Å². The van der Waals surface area contributed by atoms with Crippen molar-refractivity contribution in [2.24, 2.45) is 11.8 Å². The summed E-state index contributed by atoms with van der Waals surface area (Å²) in [4.78, 5) is 8.89. The van der Waals surface area contributed by atoms with Gasteiger partial charge in [-0.3, -0.25) is 0 Å². The van der Waals surface area contributed by atoms with E-state index in [0.29, 0.717) is 0 Å². The van der Waals surface area contributed by atoms with Gasteiger partial charge in [0.1, 0.15) is 11.6 Å². The highest BCUT2D eigenvalue weighted by atomic mass is 32.2. The van der Waals surface area contributed by atoms with Crippen LogP contribution in [0.2, 0.25) is 0 Å². The van der Waals surface area contributed by atoms with E-state index in [1.807, 2.05) is 19.4 Å². The molecule has 1 heterocycles. The van der Waals surface area contributed by atoms with E-state index >= 15 is 0 Å². The molecular formula is C14H24N4S. The van der Waals surface area contributed by atoms with Crippen molar-refractivity contribution in [3.05, 3.63) is 6.07 Å². The van der Waals surface area contributed by atoms with Gasteiger partial charge in [-0.05, 0) is 24.5 Å². The molecule has 2 rings (SSSR count). The lowest BCUT2D eigenvalue weighted by molar-refractivity contribution is 0.268. The van der Waals surface area contributed by atoms with Crippen molar-refractivity contribution in [3.8, 4) is 0 Å². The van der Waals surface area contributed by atoms with Gasteiger partial charge in [0.05, 0.1) is 0 Å². The van der Waals surface area contributed by atoms with Crippen LogP contribution in [0, 0.1) is 11.8 Å². The van der Waals surface area contributed by atoms with Crippen LogP contribution < -0.4 is 10.6 Å². The van der Waals surface area contributed by atoms with E-state index < -0.39 is 0 Å². The molecule has 1 aliphatic carbocycles. The van der Waals surface area contributed by atoms with Crippen molar-refractivity contribution in [1.82, 2.24) is 9.97 Å². The number of thioether (sulfide) groups is 1. The van der Waals surface area contributed by atoms with Crippen molar-refractivity contribution in [3.63, 3.8) is 0 Å². The molecule has 4 nitrogen and oxygen atoms in total. The van der Waals surface area contributed by atoms with Crippen LogP contribution in [0.25, 0.3) is 0 Å². The zero-order valence-corrected chi connectivity index (χ0v) is 12.9. The van der Waals surface area contributed by atoms with Crippen LogP contribution >= 0.6 is 11.8 Å². The van der Waals surface area contributed by atoms with Crippen molar-refractivity contribution >= 4 is 23.4 Å². The fourth-order valence-corrected chi connectivity index (χ4v) is 3.05. The molecule has 1 aromatic heterocycles. The maximum atomic E-state index is 4.51. The highest BCUT2D eigenvalue weighted by molar-refractivity contribution is 7.98. The average Bonchev–Trinajstić information content (AvgIpc) is 2.46. The summed E-state index contributed by atoms with van der Waals surface area (Å²) in [5.74, 6) is 3.41. The number of rotatable bonds is 5. The zero-order valence-electron chi connectivity index (χ0n) is 12.1. The lowest BCUT2D eigenvalue weighted by atomic mass is 9.80. The number of hydrogen-bond acceptors (Lipinski definition) is 5. The van der Waals surface area contributed by atoms with Gasteiger partial charge in [-0.2, -0.15) is 0 Å². The van der Waals surface area contributed by atoms with Crippen molar-refractivity contribution in [2.45, 2.75) is 37.8 Å². The standard InChI is InChI=1S/C14H24N4S/c1-10-6-4-5-7-11(10)9-16-13-8-12(15-2)17-14(18-13)19-3/h8,10-11H,4-7,9H2,1-3H3,(H2,15,16,17,18). The van der Waals surface area contributed by atoms with Crippen molar-refractivity contribution < 1.29 is 0 Å². The van der Waals surface area contributed by atoms with Crippen molar-refractivity contribution in [2.75, 3.05) is 30.5 Å². The van der Waals surface area contributed by atoms with Gasteiger partial charge in [0.25, 0.3) is 0 Å². The van der Waals surface area contributed by atoms with E-state index in [4.69, 9.17) is 0 Å². The Bertz CT molecular complexity index is 388. The molecule has 1 aromatic rings. The second-order valence-corrected chi connectivity index (χ2v) is 6.05. The van der Waals surface area contributed by atoms with E-state index in [-0.39, 0.29) is 0 Å². The fourth-order valence-electron chi connectivity index (χ4n) is 2.67. The lowest BCUT2D eigenvalue weighted by Crippen LogP contribution is -2.24. The molecule has 5 heteroatoms. The quantitative estimate of drug-likeness (QED) is 0.639. The normalized spacial score (nSPS) is 23.1. The van der Waals surface area contributed by atoms with Gasteiger partial charge in [-0.25, -0.2) is 9.97 Å². The molecule has 1 aliphatic rings. The first kappa shape index (κ1) is 14.4. The summed E-state index contributed by atoms with van der Waals surface area (Å²) in [5, 5.41) is 7.39. The maximum absolute atomic E-state index is 4.51. The number of anilines is 2. The van der Waals surface area contributed by atoms with Crippen LogP contribution in [0.4, 0.5) is 11.6 Å². The lowest BCUT2D eigenvalue weighted by Gasteiger charge is -2.29. The van der Waals surface area contributed by atoms with E-state index in [9.17, 15) is 0 Å². The van der Waals surface area contributed by atoms with Crippen LogP contribution in [-0.2, 0) is 0 Å². The summed E-state index contributed by atoms with van der Waals surface area (Å²) >= 11 is 1.57. The summed E-state index contributed by atoms with van der Waals surface area (Å²) in [6, 6.07) is 1.98. The van der Waals surface area contributed by atoms with Gasteiger partial charge in [0, 0.05) is 19.7 Å². The Kier molecular flexibility index (Phi) is 5.31. The molecule has 0 radical (unpaired) electrons. The van der Waals surface area contributed by atoms with Gasteiger partial charge in [0.15, 0.2) is 5.16 Å². The first-order valence-corrected chi connectivity index (χ1v) is 8.30. The summed E-state index contributed by atoms with van der Waals surface area (Å²) < 4.78 is 0. The number of aromatic nitrogens is 2. The number of nitrogens with zero attached hydrogens (tertiary/aromatic N) is 2. The topological polar surface area (TPSA) is 49.8 Å². The van der Waals surface area contributed by atoms with E-state index in [1.54, 1.807) is 11.8 Å². The smallest absolute Gasteiger partial charge is 0.191 e. The van der Waals surface area contributed by atoms with Crippen LogP contribution in [-0.4, -0.2) is 29.8 Å². The molecule has 0 spiro atoms. The third-order valence-electron chi connectivity index (χ3n) is 3.98. The van der Waals surface area contributed by atoms with Gasteiger partial charge >= 0.3 is 0 Å². The Morgan fingerprint density at radius 2 is 2.00 bits per heavy atom. The maximum Gasteiger partial charge on any atom is 0.191 e. The monoisotopic (exact) mass is 280 g/mol. The van der Waals surface area contributed by atoms with E-state index in [0.717, 1.165) is 35.2 Å². The van der Waals surface area contributed by atoms with Crippen LogP contribution in [0.1, 0.15) is 32.6 Å². The van der Waals surface area contributed by atoms with Crippen LogP contribution in [0.5, 0.6) is 0 Å². The third-order valence-corrected chi connectivity index (χ3v) is 4.53. The SMILES string of the molecule is CNc1cc(NCC2CCCCC2C)nc(SC)n1. The van der Waals surface area contributed by atoms with Gasteiger partial charge in [-0.1, -0.05) is 37.9 Å². The molecule has 0 aliphatic heterocycles. The Morgan fingerprint density at radius 1 is 1.26 bits per heavy atom. The predicted molar refractivity (Wildman–Crippen MR) is 83.0 cm³/mol. The third kappa shape index (κ3) is 4.00. The average molecular weight is 280 g/mol. The first-order valence-electron chi connectivity index (χ1n) is 7.07. The molecule has 0 amide bonds. The molecule has 2 N–H and O–H groups in total. The second kappa shape index (κ2) is 6.98. The van der Waals surface area contributed by atoms with Gasteiger partial charge in [-0.15, -0.1) is 0 Å². The zero-order chi connectivity index (χ0) is 13.7. The first-order chi connectivity index (χ1) is 9.22. The minimum Gasteiger partial charge on any atom is -0.373 e. The highest BCUT2D eigenvalue weighted by Crippen LogP contribution is 2.29. The fraction of sp³-hybridized carbons (Fsp3) is 0.714. The minimum absolute atomic E-state index is 0.777. The molecule has 0 bridgehead atoms. The summed E-state index contributed by atoms with van der Waals surface area (Å²) in [5.41, 5.74) is 0. The van der Waals surface area contributed by atoms with Crippen LogP contribution in [0.3, 0.4) is 0 Å².